The molecule has 6 nitrogen and oxygen atoms in total. The lowest BCUT2D eigenvalue weighted by molar-refractivity contribution is -0.175. The third-order valence-corrected chi connectivity index (χ3v) is 8.07. The summed E-state index contributed by atoms with van der Waals surface area (Å²) in [4.78, 5) is 26.8. The zero-order chi connectivity index (χ0) is 19.7. The van der Waals surface area contributed by atoms with Crippen LogP contribution in [0, 0.1) is 5.92 Å². The lowest BCUT2D eigenvalue weighted by atomic mass is 9.49. The number of hydrogen-bond acceptors (Lipinski definition) is 5. The first-order valence-electron chi connectivity index (χ1n) is 10.5. The molecule has 0 aromatic heterocycles. The number of phenols is 1. The Morgan fingerprint density at radius 3 is 2.75 bits per heavy atom. The van der Waals surface area contributed by atoms with Gasteiger partial charge in [0.15, 0.2) is 0 Å². The van der Waals surface area contributed by atoms with Crippen molar-refractivity contribution in [2.24, 2.45) is 11.7 Å². The molecule has 6 heteroatoms. The highest BCUT2D eigenvalue weighted by atomic mass is 16.3. The molecule has 1 heterocycles. The zero-order valence-electron chi connectivity index (χ0n) is 16.1. The van der Waals surface area contributed by atoms with Crippen LogP contribution in [0.1, 0.15) is 66.4 Å². The summed E-state index contributed by atoms with van der Waals surface area (Å²) in [5, 5.41) is 23.0. The number of aromatic hydroxyl groups is 1. The molecule has 28 heavy (non-hydrogen) atoms. The fraction of sp³-hybridized carbons (Fsp3) is 0.636. The van der Waals surface area contributed by atoms with Crippen molar-refractivity contribution in [3.8, 4) is 5.75 Å². The standard InChI is InChI=1S/C22H28N2O4/c23-20(27)16-5-4-14-10-17-22(28)7-6-15(25)11-21(22,18(14)19(16)26)8-9-24(17)12-13-2-1-3-13/h4-5,13,17,26,28H,1-3,6-12H2,(H2,23,27)/t17?,21-,22?/m1/s1. The van der Waals surface area contributed by atoms with Gasteiger partial charge in [0.05, 0.1) is 11.2 Å². The van der Waals surface area contributed by atoms with E-state index < -0.39 is 16.9 Å². The number of carbonyl (C=O) groups excluding carboxylic acids is 2. The predicted molar refractivity (Wildman–Crippen MR) is 103 cm³/mol. The molecule has 0 spiro atoms. The van der Waals surface area contributed by atoms with Crippen LogP contribution in [0.3, 0.4) is 0 Å². The molecule has 150 valence electrons. The molecule has 1 aromatic rings. The Balaban J connectivity index is 1.66. The van der Waals surface area contributed by atoms with E-state index in [-0.39, 0.29) is 29.6 Å². The Kier molecular flexibility index (Phi) is 3.91. The van der Waals surface area contributed by atoms with Crippen molar-refractivity contribution in [2.75, 3.05) is 13.1 Å². The van der Waals surface area contributed by atoms with Crippen molar-refractivity contribution in [3.63, 3.8) is 0 Å². The van der Waals surface area contributed by atoms with Crippen molar-refractivity contribution in [1.82, 2.24) is 4.90 Å². The number of hydrogen-bond donors (Lipinski definition) is 3. The number of amides is 1. The van der Waals surface area contributed by atoms with Gasteiger partial charge in [0.1, 0.15) is 11.5 Å². The fourth-order valence-electron chi connectivity index (χ4n) is 6.43. The number of rotatable bonds is 3. The maximum absolute atomic E-state index is 12.5. The third kappa shape index (κ3) is 2.28. The highest BCUT2D eigenvalue weighted by molar-refractivity contribution is 5.96. The fourth-order valence-corrected chi connectivity index (χ4v) is 6.43. The van der Waals surface area contributed by atoms with Gasteiger partial charge in [-0.25, -0.2) is 0 Å². The van der Waals surface area contributed by atoms with Crippen LogP contribution in [0.5, 0.6) is 5.75 Å². The van der Waals surface area contributed by atoms with Crippen molar-refractivity contribution >= 4 is 11.7 Å². The SMILES string of the molecule is NC(=O)c1ccc2c(c1O)[C@]13CCN(CC4CCC4)C(C2)C1(O)CCC(=O)C3. The lowest BCUT2D eigenvalue weighted by Gasteiger charge is -2.63. The number of ketones is 1. The van der Waals surface area contributed by atoms with Gasteiger partial charge in [0, 0.05) is 36.4 Å². The Bertz CT molecular complexity index is 864. The van der Waals surface area contributed by atoms with Crippen molar-refractivity contribution < 1.29 is 19.8 Å². The zero-order valence-corrected chi connectivity index (χ0v) is 16.1. The van der Waals surface area contributed by atoms with E-state index in [1.807, 2.05) is 6.07 Å². The monoisotopic (exact) mass is 384 g/mol. The molecule has 2 bridgehead atoms. The summed E-state index contributed by atoms with van der Waals surface area (Å²) in [7, 11) is 0. The molecule has 1 saturated heterocycles. The van der Waals surface area contributed by atoms with Crippen LogP contribution >= 0.6 is 0 Å². The van der Waals surface area contributed by atoms with Gasteiger partial charge in [-0.1, -0.05) is 12.5 Å². The van der Waals surface area contributed by atoms with E-state index >= 15 is 0 Å². The lowest BCUT2D eigenvalue weighted by Crippen LogP contribution is -2.73. The second-order valence-electron chi connectivity index (χ2n) is 9.34. The summed E-state index contributed by atoms with van der Waals surface area (Å²) in [5.74, 6) is -0.00288. The number of aliphatic hydroxyl groups is 1. The van der Waals surface area contributed by atoms with Gasteiger partial charge in [-0.3, -0.25) is 14.5 Å². The van der Waals surface area contributed by atoms with Gasteiger partial charge >= 0.3 is 0 Å². The third-order valence-electron chi connectivity index (χ3n) is 8.07. The van der Waals surface area contributed by atoms with Gasteiger partial charge in [0.25, 0.3) is 5.91 Å². The Labute approximate surface area is 164 Å². The molecule has 0 radical (unpaired) electrons. The number of nitrogens with zero attached hydrogens (tertiary/aromatic N) is 1. The normalized spacial score (nSPS) is 35.0. The van der Waals surface area contributed by atoms with E-state index in [4.69, 9.17) is 5.73 Å². The minimum Gasteiger partial charge on any atom is -0.507 e. The van der Waals surface area contributed by atoms with Gasteiger partial charge < -0.3 is 15.9 Å². The maximum atomic E-state index is 12.5. The first-order chi connectivity index (χ1) is 13.4. The Morgan fingerprint density at radius 1 is 1.29 bits per heavy atom. The summed E-state index contributed by atoms with van der Waals surface area (Å²) in [5.41, 5.74) is 5.18. The van der Waals surface area contributed by atoms with Gasteiger partial charge in [-0.05, 0) is 56.2 Å². The number of piperidine rings is 1. The smallest absolute Gasteiger partial charge is 0.252 e. The van der Waals surface area contributed by atoms with Crippen LogP contribution in [0.25, 0.3) is 0 Å². The molecule has 5 rings (SSSR count). The molecule has 4 aliphatic rings. The molecule has 4 N–H and O–H groups in total. The molecule has 3 aliphatic carbocycles. The quantitative estimate of drug-likeness (QED) is 0.735. The average Bonchev–Trinajstić information content (AvgIpc) is 2.59. The molecule has 3 fully saturated rings. The average molecular weight is 384 g/mol. The van der Waals surface area contributed by atoms with Crippen LogP contribution in [-0.4, -0.2) is 51.5 Å². The summed E-state index contributed by atoms with van der Waals surface area (Å²) in [6.45, 7) is 1.80. The highest BCUT2D eigenvalue weighted by Crippen LogP contribution is 2.59. The largest absolute Gasteiger partial charge is 0.507 e. The van der Waals surface area contributed by atoms with E-state index in [1.54, 1.807) is 6.07 Å². The maximum Gasteiger partial charge on any atom is 0.252 e. The van der Waals surface area contributed by atoms with E-state index in [9.17, 15) is 19.8 Å². The van der Waals surface area contributed by atoms with E-state index in [0.29, 0.717) is 37.2 Å². The van der Waals surface area contributed by atoms with Crippen LogP contribution in [0.2, 0.25) is 0 Å². The van der Waals surface area contributed by atoms with Crippen LogP contribution in [0.4, 0.5) is 0 Å². The molecule has 1 aromatic carbocycles. The van der Waals surface area contributed by atoms with Crippen molar-refractivity contribution in [2.45, 2.75) is 68.4 Å². The molecule has 1 aliphatic heterocycles. The topological polar surface area (TPSA) is 104 Å². The number of Topliss-reactive ketones (excluding diaryl/α,β-unsaturated/α-hetero) is 1. The van der Waals surface area contributed by atoms with Crippen LogP contribution in [-0.2, 0) is 16.6 Å². The van der Waals surface area contributed by atoms with Crippen molar-refractivity contribution in [1.29, 1.82) is 0 Å². The number of carbonyl (C=O) groups is 2. The number of fused-ring (bicyclic) bond motifs is 1. The molecular formula is C22H28N2O4. The van der Waals surface area contributed by atoms with Crippen molar-refractivity contribution in [3.05, 3.63) is 28.8 Å². The van der Waals surface area contributed by atoms with Crippen LogP contribution in [0.15, 0.2) is 12.1 Å². The highest BCUT2D eigenvalue weighted by Gasteiger charge is 2.65. The summed E-state index contributed by atoms with van der Waals surface area (Å²) >= 11 is 0. The van der Waals surface area contributed by atoms with Crippen LogP contribution < -0.4 is 5.73 Å². The first-order valence-corrected chi connectivity index (χ1v) is 10.5. The summed E-state index contributed by atoms with van der Waals surface area (Å²) < 4.78 is 0. The van der Waals surface area contributed by atoms with Gasteiger partial charge in [-0.2, -0.15) is 0 Å². The number of likely N-dealkylation sites (tertiary alicyclic amines) is 1. The summed E-state index contributed by atoms with van der Waals surface area (Å²) in [6, 6.07) is 3.38. The van der Waals surface area contributed by atoms with E-state index in [1.165, 1.54) is 19.3 Å². The van der Waals surface area contributed by atoms with Gasteiger partial charge in [0.2, 0.25) is 0 Å². The van der Waals surface area contributed by atoms with E-state index in [0.717, 1.165) is 18.7 Å². The second-order valence-corrected chi connectivity index (χ2v) is 9.34. The first kappa shape index (κ1) is 18.1. The Hall–Kier alpha value is -1.92. The molecule has 2 saturated carbocycles. The van der Waals surface area contributed by atoms with Gasteiger partial charge in [-0.15, -0.1) is 0 Å². The number of primary amides is 1. The Morgan fingerprint density at radius 2 is 2.07 bits per heavy atom. The molecule has 1 amide bonds. The van der Waals surface area contributed by atoms with E-state index in [2.05, 4.69) is 4.90 Å². The second kappa shape index (κ2) is 6.04. The predicted octanol–water partition coefficient (Wildman–Crippen LogP) is 1.64. The molecule has 3 atom stereocenters. The minimum atomic E-state index is -1.07. The minimum absolute atomic E-state index is 0.0544. The molecule has 2 unspecified atom stereocenters. The summed E-state index contributed by atoms with van der Waals surface area (Å²) in [6.07, 6.45) is 6.05. The number of benzene rings is 1. The molecular weight excluding hydrogens is 356 g/mol. The number of nitrogens with two attached hydrogens (primary N) is 1.